The van der Waals surface area contributed by atoms with Gasteiger partial charge in [-0.15, -0.1) is 0 Å². The van der Waals surface area contributed by atoms with E-state index in [1.807, 2.05) is 68.6 Å². The molecule has 2 aromatic heterocycles. The van der Waals surface area contributed by atoms with Crippen LogP contribution in [0.25, 0.3) is 0 Å². The summed E-state index contributed by atoms with van der Waals surface area (Å²) in [6.07, 6.45) is 5.66. The van der Waals surface area contributed by atoms with Crippen molar-refractivity contribution in [2.45, 2.75) is 44.8 Å². The van der Waals surface area contributed by atoms with Crippen molar-refractivity contribution < 1.29 is 9.59 Å². The normalized spacial score (nSPS) is 21.9. The van der Waals surface area contributed by atoms with E-state index in [2.05, 4.69) is 9.88 Å². The second-order valence-corrected chi connectivity index (χ2v) is 8.86. The summed E-state index contributed by atoms with van der Waals surface area (Å²) in [7, 11) is 0. The summed E-state index contributed by atoms with van der Waals surface area (Å²) in [5, 5.41) is 0. The highest BCUT2D eigenvalue weighted by atomic mass is 16.2. The lowest BCUT2D eigenvalue weighted by Crippen LogP contribution is -2.53. The Kier molecular flexibility index (Phi) is 4.47. The van der Waals surface area contributed by atoms with Gasteiger partial charge in [0.2, 0.25) is 5.91 Å². The first-order valence-electron chi connectivity index (χ1n) is 11.5. The first kappa shape index (κ1) is 19.9. The maximum atomic E-state index is 13.6. The van der Waals surface area contributed by atoms with E-state index in [9.17, 15) is 9.59 Å². The molecule has 2 atom stereocenters. The fourth-order valence-corrected chi connectivity index (χ4v) is 5.20. The van der Waals surface area contributed by atoms with Crippen LogP contribution in [0.15, 0.2) is 60.9 Å². The Morgan fingerprint density at radius 1 is 1.03 bits per heavy atom. The van der Waals surface area contributed by atoms with Gasteiger partial charge in [-0.1, -0.05) is 24.3 Å². The van der Waals surface area contributed by atoms with Crippen molar-refractivity contribution in [2.24, 2.45) is 0 Å². The van der Waals surface area contributed by atoms with E-state index in [0.29, 0.717) is 24.0 Å². The number of hydrogen-bond acceptors (Lipinski definition) is 5. The lowest BCUT2D eigenvalue weighted by Gasteiger charge is -2.41. The Bertz CT molecular complexity index is 1260. The number of carbonyl (C=O) groups excluding carboxylic acids is 2. The molecular formula is C26H25N5O2. The van der Waals surface area contributed by atoms with Gasteiger partial charge in [0.25, 0.3) is 5.91 Å². The van der Waals surface area contributed by atoms with Crippen LogP contribution < -0.4 is 14.7 Å². The SMILES string of the molecule is CCN1C(=O)C(C)N(C2CC2)c2nc(N3C(=O)c4ccccc4C3c3cccnc3)ccc21. The first-order valence-corrected chi connectivity index (χ1v) is 11.5. The summed E-state index contributed by atoms with van der Waals surface area (Å²) in [6.45, 7) is 4.52. The largest absolute Gasteiger partial charge is 0.340 e. The zero-order chi connectivity index (χ0) is 22.7. The van der Waals surface area contributed by atoms with Crippen molar-refractivity contribution in [1.82, 2.24) is 9.97 Å². The van der Waals surface area contributed by atoms with Gasteiger partial charge in [0, 0.05) is 30.5 Å². The molecule has 1 aromatic carbocycles. The molecule has 33 heavy (non-hydrogen) atoms. The highest BCUT2D eigenvalue weighted by Gasteiger charge is 2.45. The van der Waals surface area contributed by atoms with Crippen LogP contribution >= 0.6 is 0 Å². The van der Waals surface area contributed by atoms with Crippen LogP contribution in [0.5, 0.6) is 0 Å². The topological polar surface area (TPSA) is 69.6 Å². The Hall–Kier alpha value is -3.74. The number of carbonyl (C=O) groups is 2. The number of anilines is 3. The molecule has 0 saturated heterocycles. The van der Waals surface area contributed by atoms with E-state index in [0.717, 1.165) is 35.5 Å². The van der Waals surface area contributed by atoms with Crippen LogP contribution in [0.3, 0.4) is 0 Å². The molecule has 7 nitrogen and oxygen atoms in total. The predicted molar refractivity (Wildman–Crippen MR) is 127 cm³/mol. The van der Waals surface area contributed by atoms with Gasteiger partial charge in [-0.05, 0) is 62.1 Å². The molecule has 1 aliphatic carbocycles. The minimum Gasteiger partial charge on any atom is -0.340 e. The van der Waals surface area contributed by atoms with Crippen LogP contribution in [-0.2, 0) is 4.79 Å². The standard InChI is InChI=1S/C26H25N5O2/c1-3-29-21-12-13-22(28-24(21)30(18-10-11-18)16(2)25(29)32)31-23(17-7-6-14-27-15-17)19-8-4-5-9-20(19)26(31)33/h4-9,12-16,18,23H,3,10-11H2,1-2H3. The van der Waals surface area contributed by atoms with Crippen molar-refractivity contribution in [1.29, 1.82) is 0 Å². The van der Waals surface area contributed by atoms with E-state index >= 15 is 0 Å². The van der Waals surface area contributed by atoms with Gasteiger partial charge in [-0.2, -0.15) is 0 Å². The maximum absolute atomic E-state index is 13.6. The zero-order valence-corrected chi connectivity index (χ0v) is 18.7. The minimum absolute atomic E-state index is 0.0721. The number of benzene rings is 1. The Morgan fingerprint density at radius 2 is 1.85 bits per heavy atom. The van der Waals surface area contributed by atoms with Gasteiger partial charge in [0.1, 0.15) is 11.9 Å². The predicted octanol–water partition coefficient (Wildman–Crippen LogP) is 3.95. The molecule has 1 fully saturated rings. The molecule has 2 aliphatic heterocycles. The Balaban J connectivity index is 1.51. The van der Waals surface area contributed by atoms with Crippen molar-refractivity contribution in [3.05, 3.63) is 77.6 Å². The fraction of sp³-hybridized carbons (Fsp3) is 0.308. The number of likely N-dealkylation sites (N-methyl/N-ethyl adjacent to an activating group) is 1. The molecule has 0 N–H and O–H groups in total. The summed E-state index contributed by atoms with van der Waals surface area (Å²) in [5.74, 6) is 1.41. The summed E-state index contributed by atoms with van der Waals surface area (Å²) >= 11 is 0. The third-order valence-corrected chi connectivity index (χ3v) is 6.88. The van der Waals surface area contributed by atoms with E-state index < -0.39 is 0 Å². The smallest absolute Gasteiger partial charge is 0.260 e. The number of rotatable bonds is 4. The molecule has 3 aliphatic rings. The molecule has 0 spiro atoms. The number of nitrogens with zero attached hydrogens (tertiary/aromatic N) is 5. The second kappa shape index (κ2) is 7.40. The van der Waals surface area contributed by atoms with Gasteiger partial charge in [0.05, 0.1) is 11.7 Å². The maximum Gasteiger partial charge on any atom is 0.260 e. The van der Waals surface area contributed by atoms with Gasteiger partial charge < -0.3 is 9.80 Å². The van der Waals surface area contributed by atoms with Crippen molar-refractivity contribution >= 4 is 29.1 Å². The molecule has 2 amide bonds. The van der Waals surface area contributed by atoms with Crippen molar-refractivity contribution in [3.8, 4) is 0 Å². The van der Waals surface area contributed by atoms with Crippen molar-refractivity contribution in [2.75, 3.05) is 21.2 Å². The van der Waals surface area contributed by atoms with Crippen LogP contribution in [0.2, 0.25) is 0 Å². The van der Waals surface area contributed by atoms with Crippen molar-refractivity contribution in [3.63, 3.8) is 0 Å². The van der Waals surface area contributed by atoms with Crippen LogP contribution in [0.1, 0.15) is 54.2 Å². The molecule has 1 saturated carbocycles. The monoisotopic (exact) mass is 439 g/mol. The average Bonchev–Trinajstić information content (AvgIpc) is 3.64. The molecule has 6 rings (SSSR count). The molecule has 7 heteroatoms. The fourth-order valence-electron chi connectivity index (χ4n) is 5.20. The van der Waals surface area contributed by atoms with E-state index in [4.69, 9.17) is 4.98 Å². The molecule has 166 valence electrons. The van der Waals surface area contributed by atoms with E-state index in [-0.39, 0.29) is 23.9 Å². The highest BCUT2D eigenvalue weighted by molar-refractivity contribution is 6.12. The van der Waals surface area contributed by atoms with Crippen LogP contribution in [-0.4, -0.2) is 40.4 Å². The quantitative estimate of drug-likeness (QED) is 0.616. The van der Waals surface area contributed by atoms with Crippen LogP contribution in [0.4, 0.5) is 17.3 Å². The number of pyridine rings is 2. The summed E-state index contributed by atoms with van der Waals surface area (Å²) in [5.41, 5.74) is 3.39. The third-order valence-electron chi connectivity index (χ3n) is 6.88. The summed E-state index contributed by atoms with van der Waals surface area (Å²) in [4.78, 5) is 41.7. The lowest BCUT2D eigenvalue weighted by atomic mass is 9.99. The highest BCUT2D eigenvalue weighted by Crippen LogP contribution is 2.45. The third kappa shape index (κ3) is 2.95. The number of amides is 2. The molecule has 2 unspecified atom stereocenters. The summed E-state index contributed by atoms with van der Waals surface area (Å²) < 4.78 is 0. The number of hydrogen-bond donors (Lipinski definition) is 0. The molecule has 0 bridgehead atoms. The van der Waals surface area contributed by atoms with Gasteiger partial charge >= 0.3 is 0 Å². The van der Waals surface area contributed by atoms with Gasteiger partial charge in [-0.25, -0.2) is 4.98 Å². The number of aromatic nitrogens is 2. The lowest BCUT2D eigenvalue weighted by molar-refractivity contribution is -0.119. The zero-order valence-electron chi connectivity index (χ0n) is 18.7. The molecule has 4 heterocycles. The Morgan fingerprint density at radius 3 is 2.58 bits per heavy atom. The number of fused-ring (bicyclic) bond motifs is 2. The minimum atomic E-state index is -0.299. The molecule has 0 radical (unpaired) electrons. The Labute approximate surface area is 192 Å². The summed E-state index contributed by atoms with van der Waals surface area (Å²) in [6, 6.07) is 15.2. The molecule has 3 aromatic rings. The average molecular weight is 440 g/mol. The van der Waals surface area contributed by atoms with E-state index in [1.54, 1.807) is 16.0 Å². The van der Waals surface area contributed by atoms with Gasteiger partial charge in [-0.3, -0.25) is 19.5 Å². The van der Waals surface area contributed by atoms with E-state index in [1.165, 1.54) is 0 Å². The van der Waals surface area contributed by atoms with Gasteiger partial charge in [0.15, 0.2) is 5.82 Å². The second-order valence-electron chi connectivity index (χ2n) is 8.86. The van der Waals surface area contributed by atoms with Crippen LogP contribution in [0, 0.1) is 0 Å². The first-order chi connectivity index (χ1) is 16.1. The molecular weight excluding hydrogens is 414 g/mol.